The summed E-state index contributed by atoms with van der Waals surface area (Å²) in [6.45, 7) is 0.998. The van der Waals surface area contributed by atoms with Crippen molar-refractivity contribution < 1.29 is 8.18 Å². The quantitative estimate of drug-likeness (QED) is 0.590. The van der Waals surface area contributed by atoms with Gasteiger partial charge in [-0.3, -0.25) is 0 Å². The molecule has 0 aliphatic heterocycles. The average Bonchev–Trinajstić information content (AvgIpc) is 1.63. The molecule has 0 heterocycles. The zero-order valence-electron chi connectivity index (χ0n) is 6.48. The molecule has 0 amide bonds. The Hall–Kier alpha value is 0.719. The van der Waals surface area contributed by atoms with Crippen molar-refractivity contribution in [2.75, 3.05) is 13.2 Å². The van der Waals surface area contributed by atoms with Gasteiger partial charge in [0.1, 0.15) is 0 Å². The molecule has 2 nitrogen and oxygen atoms in total. The van der Waals surface area contributed by atoms with E-state index in [0.29, 0.717) is 0 Å². The van der Waals surface area contributed by atoms with Gasteiger partial charge in [-0.2, -0.15) is 0 Å². The monoisotopic (exact) mass is 240 g/mol. The summed E-state index contributed by atoms with van der Waals surface area (Å²) >= 11 is -1.94. The van der Waals surface area contributed by atoms with E-state index >= 15 is 0 Å². The van der Waals surface area contributed by atoms with Crippen LogP contribution < -0.4 is 0 Å². The Morgan fingerprint density at radius 2 is 1.89 bits per heavy atom. The first-order valence-electron chi connectivity index (χ1n) is 3.31. The predicted octanol–water partition coefficient (Wildman–Crippen LogP) is 1.22. The van der Waals surface area contributed by atoms with Gasteiger partial charge >= 0.3 is 61.4 Å². The van der Waals surface area contributed by atoms with Crippen LogP contribution in [0.4, 0.5) is 0 Å². The second-order valence-electron chi connectivity index (χ2n) is 3.04. The summed E-state index contributed by atoms with van der Waals surface area (Å²) in [4.78, 5) is 6.64. The van der Waals surface area contributed by atoms with E-state index in [1.165, 1.54) is 0 Å². The van der Waals surface area contributed by atoms with Crippen molar-refractivity contribution in [2.24, 2.45) is 0 Å². The topological polar surface area (TPSA) is 29.5 Å². The fourth-order valence-electron chi connectivity index (χ4n) is 0.443. The van der Waals surface area contributed by atoms with E-state index in [0.717, 1.165) is 13.0 Å². The minimum atomic E-state index is -1.94. The minimum absolute atomic E-state index is 0.252. The summed E-state index contributed by atoms with van der Waals surface area (Å²) < 4.78 is 5.52. The van der Waals surface area contributed by atoms with Gasteiger partial charge in [-0.15, -0.1) is 0 Å². The third-order valence-corrected chi connectivity index (χ3v) is 3.89. The van der Waals surface area contributed by atoms with Crippen molar-refractivity contribution in [3.8, 4) is 0 Å². The molecule has 1 N–H and O–H groups in total. The predicted molar refractivity (Wildman–Crippen MR) is 41.0 cm³/mol. The van der Waals surface area contributed by atoms with Gasteiger partial charge in [-0.25, -0.2) is 0 Å². The molecule has 0 aromatic carbocycles. The van der Waals surface area contributed by atoms with Gasteiger partial charge in [0.25, 0.3) is 0 Å². The Bertz CT molecular complexity index is 67.9. The zero-order chi connectivity index (χ0) is 7.33. The second kappa shape index (κ2) is 4.52. The number of hydrogen-bond donors (Lipinski definition) is 1. The summed E-state index contributed by atoms with van der Waals surface area (Å²) in [6.07, 6.45) is 0.786. The van der Waals surface area contributed by atoms with Crippen LogP contribution in [0.15, 0.2) is 0 Å². The van der Waals surface area contributed by atoms with Gasteiger partial charge in [0.05, 0.1) is 0 Å². The molecule has 0 rings (SSSR count). The molecule has 0 radical (unpaired) electrons. The van der Waals surface area contributed by atoms with Gasteiger partial charge in [-0.1, -0.05) is 0 Å². The third-order valence-electron chi connectivity index (χ3n) is 0.838. The summed E-state index contributed by atoms with van der Waals surface area (Å²) in [6, 6.07) is 0. The maximum absolute atomic E-state index is 8.41. The van der Waals surface area contributed by atoms with Crippen LogP contribution in [0.1, 0.15) is 6.42 Å². The molecule has 0 saturated heterocycles. The first-order chi connectivity index (χ1) is 4.06. The molecule has 56 valence electrons. The Morgan fingerprint density at radius 1 is 1.33 bits per heavy atom. The van der Waals surface area contributed by atoms with Crippen molar-refractivity contribution in [1.29, 1.82) is 0 Å². The average molecular weight is 239 g/mol. The standard InChI is InChI=1S/C3H7O2.3CH3.Sn/c4-2-1-3-5;;;;/h4H,1-3H2;3*1H3;/q-1;;;;+1. The SMILES string of the molecule is [CH3][Sn]([CH3])([CH3])[O]CCCO. The molecule has 0 aromatic heterocycles. The molecule has 0 atom stereocenters. The molecule has 0 saturated carbocycles. The van der Waals surface area contributed by atoms with Crippen LogP contribution in [0.5, 0.6) is 0 Å². The number of rotatable bonds is 4. The van der Waals surface area contributed by atoms with Crippen LogP contribution in [-0.2, 0) is 3.07 Å². The van der Waals surface area contributed by atoms with Crippen LogP contribution in [0.2, 0.25) is 14.8 Å². The first kappa shape index (κ1) is 9.72. The van der Waals surface area contributed by atoms with Crippen molar-refractivity contribution >= 4 is 18.8 Å². The molecule has 0 aliphatic carbocycles. The first-order valence-corrected chi connectivity index (χ1v) is 13.0. The normalized spacial score (nSPS) is 12.0. The van der Waals surface area contributed by atoms with E-state index in [1.807, 2.05) is 0 Å². The molecule has 9 heavy (non-hydrogen) atoms. The Kier molecular flexibility index (Phi) is 4.88. The van der Waals surface area contributed by atoms with Crippen molar-refractivity contribution in [3.05, 3.63) is 0 Å². The van der Waals surface area contributed by atoms with Gasteiger partial charge in [0.15, 0.2) is 0 Å². The summed E-state index contributed by atoms with van der Waals surface area (Å²) in [7, 11) is 0. The Morgan fingerprint density at radius 3 is 2.22 bits per heavy atom. The zero-order valence-corrected chi connectivity index (χ0v) is 9.33. The Balaban J connectivity index is 3.07. The van der Waals surface area contributed by atoms with Gasteiger partial charge in [0.2, 0.25) is 0 Å². The summed E-state index contributed by atoms with van der Waals surface area (Å²) in [5, 5.41) is 8.41. The fraction of sp³-hybridized carbons (Fsp3) is 1.00. The molecule has 0 aliphatic rings. The van der Waals surface area contributed by atoms with Crippen molar-refractivity contribution in [1.82, 2.24) is 0 Å². The number of aliphatic hydroxyl groups is 1. The fourth-order valence-corrected chi connectivity index (χ4v) is 2.60. The van der Waals surface area contributed by atoms with Crippen LogP contribution in [-0.4, -0.2) is 37.1 Å². The maximum atomic E-state index is 8.41. The van der Waals surface area contributed by atoms with Crippen molar-refractivity contribution in [3.63, 3.8) is 0 Å². The third kappa shape index (κ3) is 8.72. The van der Waals surface area contributed by atoms with E-state index in [-0.39, 0.29) is 6.61 Å². The van der Waals surface area contributed by atoms with E-state index in [4.69, 9.17) is 8.18 Å². The van der Waals surface area contributed by atoms with Crippen LogP contribution >= 0.6 is 0 Å². The molecule has 0 bridgehead atoms. The summed E-state index contributed by atoms with van der Waals surface area (Å²) in [5.41, 5.74) is 0. The van der Waals surface area contributed by atoms with Gasteiger partial charge in [-0.05, 0) is 0 Å². The second-order valence-corrected chi connectivity index (χ2v) is 15.9. The molecule has 0 spiro atoms. The van der Waals surface area contributed by atoms with Gasteiger partial charge < -0.3 is 0 Å². The molecular weight excluding hydrogens is 223 g/mol. The molecule has 3 heteroatoms. The van der Waals surface area contributed by atoms with E-state index < -0.39 is 18.8 Å². The van der Waals surface area contributed by atoms with E-state index in [9.17, 15) is 0 Å². The Labute approximate surface area is 61.6 Å². The van der Waals surface area contributed by atoms with Gasteiger partial charge in [0, 0.05) is 0 Å². The van der Waals surface area contributed by atoms with Crippen LogP contribution in [0, 0.1) is 0 Å². The number of aliphatic hydroxyl groups excluding tert-OH is 1. The van der Waals surface area contributed by atoms with E-state index in [2.05, 4.69) is 14.8 Å². The molecule has 0 unspecified atom stereocenters. The molecular formula is C6H16O2Sn. The summed E-state index contributed by atoms with van der Waals surface area (Å²) in [5.74, 6) is 0. The molecule has 0 aromatic rings. The van der Waals surface area contributed by atoms with Crippen molar-refractivity contribution in [2.45, 2.75) is 21.2 Å². The van der Waals surface area contributed by atoms with Crippen LogP contribution in [0.25, 0.3) is 0 Å². The molecule has 0 fully saturated rings. The van der Waals surface area contributed by atoms with Crippen LogP contribution in [0.3, 0.4) is 0 Å². The van der Waals surface area contributed by atoms with E-state index in [1.54, 1.807) is 0 Å². The number of hydrogen-bond acceptors (Lipinski definition) is 2.